The second kappa shape index (κ2) is 9.37. The van der Waals surface area contributed by atoms with Gasteiger partial charge in [0, 0.05) is 24.7 Å². The molecule has 0 saturated heterocycles. The number of nitrogens with zero attached hydrogens (tertiary/aromatic N) is 2. The minimum Gasteiger partial charge on any atom is -0.495 e. The van der Waals surface area contributed by atoms with Gasteiger partial charge < -0.3 is 15.0 Å². The summed E-state index contributed by atoms with van der Waals surface area (Å²) >= 11 is 6.09. The molecule has 0 bridgehead atoms. The van der Waals surface area contributed by atoms with Crippen LogP contribution in [0.3, 0.4) is 0 Å². The van der Waals surface area contributed by atoms with Crippen LogP contribution >= 0.6 is 11.6 Å². The van der Waals surface area contributed by atoms with Crippen LogP contribution < -0.4 is 10.1 Å². The Balaban J connectivity index is 2.21. The summed E-state index contributed by atoms with van der Waals surface area (Å²) in [5, 5.41) is 3.31. The predicted molar refractivity (Wildman–Crippen MR) is 107 cm³/mol. The van der Waals surface area contributed by atoms with Crippen LogP contribution in [-0.4, -0.2) is 42.4 Å². The number of aromatic nitrogens is 1. The molecule has 2 aromatic rings. The largest absolute Gasteiger partial charge is 0.495 e. The van der Waals surface area contributed by atoms with E-state index in [1.165, 1.54) is 7.11 Å². The van der Waals surface area contributed by atoms with E-state index >= 15 is 0 Å². The number of methoxy groups -OCH3 is 1. The number of carbonyl (C=O) groups excluding carboxylic acids is 2. The first kappa shape index (κ1) is 20.7. The number of aryl methyl sites for hydroxylation is 1. The molecule has 2 amide bonds. The highest BCUT2D eigenvalue weighted by molar-refractivity contribution is 6.31. The lowest BCUT2D eigenvalue weighted by Gasteiger charge is -2.16. The van der Waals surface area contributed by atoms with E-state index < -0.39 is 5.91 Å². The number of anilines is 1. The summed E-state index contributed by atoms with van der Waals surface area (Å²) < 4.78 is 5.27. The molecule has 1 aromatic heterocycles. The second-order valence-corrected chi connectivity index (χ2v) is 6.65. The number of hydrogen-bond donors (Lipinski definition) is 1. The molecule has 0 spiro atoms. The van der Waals surface area contributed by atoms with E-state index in [0.717, 1.165) is 18.4 Å². The number of ether oxygens (including phenoxy) is 1. The number of hydrogen-bond acceptors (Lipinski definition) is 4. The Bertz CT molecular complexity index is 839. The van der Waals surface area contributed by atoms with E-state index in [1.54, 1.807) is 42.3 Å². The van der Waals surface area contributed by atoms with Gasteiger partial charge in [0.15, 0.2) is 0 Å². The van der Waals surface area contributed by atoms with Gasteiger partial charge in [0.1, 0.15) is 17.1 Å². The lowest BCUT2D eigenvalue weighted by molar-refractivity contribution is 0.0787. The number of nitrogens with one attached hydrogen (secondary N) is 1. The maximum atomic E-state index is 12.6. The summed E-state index contributed by atoms with van der Waals surface area (Å²) in [6, 6.07) is 8.18. The van der Waals surface area contributed by atoms with E-state index in [9.17, 15) is 9.59 Å². The van der Waals surface area contributed by atoms with Gasteiger partial charge in [0.05, 0.1) is 12.8 Å². The van der Waals surface area contributed by atoms with Crippen LogP contribution in [0.1, 0.15) is 46.3 Å². The fourth-order valence-corrected chi connectivity index (χ4v) is 2.64. The summed E-state index contributed by atoms with van der Waals surface area (Å²) in [7, 11) is 3.23. The fourth-order valence-electron chi connectivity index (χ4n) is 2.49. The quantitative estimate of drug-likeness (QED) is 0.771. The van der Waals surface area contributed by atoms with E-state index in [2.05, 4.69) is 17.2 Å². The summed E-state index contributed by atoms with van der Waals surface area (Å²) in [6.07, 6.45) is 1.91. The van der Waals surface area contributed by atoms with Gasteiger partial charge in [-0.25, -0.2) is 4.98 Å². The molecule has 6 nitrogen and oxygen atoms in total. The van der Waals surface area contributed by atoms with Crippen molar-refractivity contribution in [2.75, 3.05) is 26.0 Å². The van der Waals surface area contributed by atoms with Crippen molar-refractivity contribution in [2.45, 2.75) is 26.7 Å². The smallest absolute Gasteiger partial charge is 0.274 e. The number of rotatable bonds is 7. The molecule has 0 fully saturated rings. The molecule has 1 heterocycles. The molecule has 0 atom stereocenters. The van der Waals surface area contributed by atoms with Crippen molar-refractivity contribution in [2.24, 2.45) is 0 Å². The molecule has 27 heavy (non-hydrogen) atoms. The minimum absolute atomic E-state index is 0.152. The Morgan fingerprint density at radius 2 is 1.96 bits per heavy atom. The zero-order valence-corrected chi connectivity index (χ0v) is 16.8. The van der Waals surface area contributed by atoms with Gasteiger partial charge in [-0.15, -0.1) is 0 Å². The first-order chi connectivity index (χ1) is 12.9. The van der Waals surface area contributed by atoms with Crippen LogP contribution in [0.15, 0.2) is 30.3 Å². The maximum Gasteiger partial charge on any atom is 0.274 e. The second-order valence-electron chi connectivity index (χ2n) is 6.24. The molecule has 0 radical (unpaired) electrons. The van der Waals surface area contributed by atoms with Crippen LogP contribution in [0.4, 0.5) is 5.69 Å². The molecule has 0 aliphatic rings. The zero-order chi connectivity index (χ0) is 20.0. The monoisotopic (exact) mass is 389 g/mol. The number of unbranched alkanes of at least 4 members (excludes halogenated alkanes) is 1. The van der Waals surface area contributed by atoms with E-state index in [-0.39, 0.29) is 17.3 Å². The zero-order valence-electron chi connectivity index (χ0n) is 16.0. The number of amides is 2. The molecule has 1 aromatic carbocycles. The normalized spacial score (nSPS) is 10.4. The van der Waals surface area contributed by atoms with Crippen LogP contribution in [0, 0.1) is 6.92 Å². The summed E-state index contributed by atoms with van der Waals surface area (Å²) in [4.78, 5) is 30.9. The SMILES string of the molecule is CCCCN(C)C(=O)c1cccc(C(=O)Nc2cc(C)c(Cl)cc2OC)n1. The third-order valence-corrected chi connectivity index (χ3v) is 4.53. The number of halogens is 1. The average Bonchev–Trinajstić information content (AvgIpc) is 2.68. The Labute approximate surface area is 164 Å². The molecule has 2 rings (SSSR count). The fraction of sp³-hybridized carbons (Fsp3) is 0.350. The Hall–Kier alpha value is -2.60. The van der Waals surface area contributed by atoms with Crippen molar-refractivity contribution in [1.29, 1.82) is 0 Å². The minimum atomic E-state index is -0.430. The van der Waals surface area contributed by atoms with Crippen LogP contribution in [0.25, 0.3) is 0 Å². The lowest BCUT2D eigenvalue weighted by atomic mass is 10.2. The number of carbonyl (C=O) groups is 2. The Kier molecular flexibility index (Phi) is 7.19. The van der Waals surface area contributed by atoms with Gasteiger partial charge in [-0.05, 0) is 37.1 Å². The molecule has 7 heteroatoms. The molecule has 144 valence electrons. The summed E-state index contributed by atoms with van der Waals surface area (Å²) in [5.41, 5.74) is 1.69. The molecule has 0 saturated carbocycles. The lowest BCUT2D eigenvalue weighted by Crippen LogP contribution is -2.29. The van der Waals surface area contributed by atoms with Crippen molar-refractivity contribution in [3.63, 3.8) is 0 Å². The van der Waals surface area contributed by atoms with Gasteiger partial charge in [-0.1, -0.05) is 31.0 Å². The van der Waals surface area contributed by atoms with Crippen molar-refractivity contribution < 1.29 is 14.3 Å². The molecule has 1 N–H and O–H groups in total. The van der Waals surface area contributed by atoms with E-state index in [0.29, 0.717) is 23.0 Å². The Morgan fingerprint density at radius 1 is 1.26 bits per heavy atom. The van der Waals surface area contributed by atoms with Crippen molar-refractivity contribution >= 4 is 29.1 Å². The van der Waals surface area contributed by atoms with Gasteiger partial charge in [0.2, 0.25) is 0 Å². The van der Waals surface area contributed by atoms with Gasteiger partial charge >= 0.3 is 0 Å². The summed E-state index contributed by atoms with van der Waals surface area (Å²) in [6.45, 7) is 4.55. The van der Waals surface area contributed by atoms with E-state index in [4.69, 9.17) is 16.3 Å². The molecule has 0 unspecified atom stereocenters. The molecular weight excluding hydrogens is 366 g/mol. The number of benzene rings is 1. The third-order valence-electron chi connectivity index (χ3n) is 4.12. The Morgan fingerprint density at radius 3 is 2.63 bits per heavy atom. The predicted octanol–water partition coefficient (Wildman–Crippen LogP) is 4.18. The molecule has 0 aliphatic heterocycles. The van der Waals surface area contributed by atoms with Gasteiger partial charge in [-0.2, -0.15) is 0 Å². The first-order valence-corrected chi connectivity index (χ1v) is 9.13. The summed E-state index contributed by atoms with van der Waals surface area (Å²) in [5.74, 6) is -0.190. The highest BCUT2D eigenvalue weighted by atomic mass is 35.5. The average molecular weight is 390 g/mol. The van der Waals surface area contributed by atoms with Crippen LogP contribution in [-0.2, 0) is 0 Å². The molecule has 0 aliphatic carbocycles. The standard InChI is InChI=1S/C20H24ClN3O3/c1-5-6-10-24(3)20(26)16-9-7-8-15(22-16)19(25)23-17-11-13(2)14(21)12-18(17)27-4/h7-9,11-12H,5-6,10H2,1-4H3,(H,23,25). The third kappa shape index (κ3) is 5.20. The highest BCUT2D eigenvalue weighted by Crippen LogP contribution is 2.31. The molecular formula is C20H24ClN3O3. The van der Waals surface area contributed by atoms with Crippen LogP contribution in [0.2, 0.25) is 5.02 Å². The van der Waals surface area contributed by atoms with Crippen molar-refractivity contribution in [3.8, 4) is 5.75 Å². The van der Waals surface area contributed by atoms with Crippen molar-refractivity contribution in [1.82, 2.24) is 9.88 Å². The highest BCUT2D eigenvalue weighted by Gasteiger charge is 2.17. The topological polar surface area (TPSA) is 71.5 Å². The van der Waals surface area contributed by atoms with Gasteiger partial charge in [0.25, 0.3) is 11.8 Å². The van der Waals surface area contributed by atoms with Gasteiger partial charge in [-0.3, -0.25) is 9.59 Å². The van der Waals surface area contributed by atoms with Crippen LogP contribution in [0.5, 0.6) is 5.75 Å². The maximum absolute atomic E-state index is 12.6. The number of pyridine rings is 1. The van der Waals surface area contributed by atoms with E-state index in [1.807, 2.05) is 6.92 Å². The first-order valence-electron chi connectivity index (χ1n) is 8.75. The van der Waals surface area contributed by atoms with Crippen molar-refractivity contribution in [3.05, 3.63) is 52.3 Å².